The van der Waals surface area contributed by atoms with Crippen molar-refractivity contribution >= 4 is 9.84 Å². The van der Waals surface area contributed by atoms with E-state index in [1.165, 1.54) is 4.68 Å². The van der Waals surface area contributed by atoms with Crippen LogP contribution in [0, 0.1) is 0 Å². The predicted molar refractivity (Wildman–Crippen MR) is 68.2 cm³/mol. The number of hydrogen-bond donors (Lipinski definition) is 0. The SMILES string of the molecule is Cn1cc(CCS(=O)(=O)c2cccc(C(F)(F)F)c2)nn1. The average molecular weight is 319 g/mol. The van der Waals surface area contributed by atoms with Crippen LogP contribution < -0.4 is 0 Å². The van der Waals surface area contributed by atoms with Gasteiger partial charge < -0.3 is 0 Å². The van der Waals surface area contributed by atoms with Gasteiger partial charge in [-0.2, -0.15) is 13.2 Å². The van der Waals surface area contributed by atoms with Crippen LogP contribution in [0.25, 0.3) is 0 Å². The van der Waals surface area contributed by atoms with Gasteiger partial charge in [0.05, 0.1) is 21.9 Å². The van der Waals surface area contributed by atoms with Crippen molar-refractivity contribution < 1.29 is 21.6 Å². The highest BCUT2D eigenvalue weighted by Crippen LogP contribution is 2.30. The van der Waals surface area contributed by atoms with Crippen LogP contribution in [-0.4, -0.2) is 29.2 Å². The standard InChI is InChI=1S/C12H12F3N3O2S/c1-18-8-10(16-17-18)5-6-21(19,20)11-4-2-3-9(7-11)12(13,14)15/h2-4,7-8H,5-6H2,1H3. The van der Waals surface area contributed by atoms with Gasteiger partial charge in [-0.25, -0.2) is 8.42 Å². The first kappa shape index (κ1) is 15.5. The Kier molecular flexibility index (Phi) is 4.04. The highest BCUT2D eigenvalue weighted by atomic mass is 32.2. The van der Waals surface area contributed by atoms with E-state index in [4.69, 9.17) is 0 Å². The van der Waals surface area contributed by atoms with Crippen molar-refractivity contribution in [1.29, 1.82) is 0 Å². The minimum Gasteiger partial charge on any atom is -0.255 e. The van der Waals surface area contributed by atoms with Gasteiger partial charge in [-0.3, -0.25) is 4.68 Å². The zero-order valence-corrected chi connectivity index (χ0v) is 11.8. The number of alkyl halides is 3. The molecule has 1 aromatic carbocycles. The third-order valence-electron chi connectivity index (χ3n) is 2.80. The van der Waals surface area contributed by atoms with Gasteiger partial charge in [-0.05, 0) is 18.2 Å². The lowest BCUT2D eigenvalue weighted by molar-refractivity contribution is -0.137. The van der Waals surface area contributed by atoms with Crippen LogP contribution in [0.4, 0.5) is 13.2 Å². The summed E-state index contributed by atoms with van der Waals surface area (Å²) in [5.41, 5.74) is -0.517. The van der Waals surface area contributed by atoms with Crippen molar-refractivity contribution in [2.24, 2.45) is 7.05 Å². The van der Waals surface area contributed by atoms with Crippen molar-refractivity contribution in [2.75, 3.05) is 5.75 Å². The van der Waals surface area contributed by atoms with Crippen LogP contribution in [0.1, 0.15) is 11.3 Å². The van der Waals surface area contributed by atoms with Gasteiger partial charge in [-0.15, -0.1) is 5.10 Å². The molecule has 0 radical (unpaired) electrons. The second-order valence-electron chi connectivity index (χ2n) is 4.48. The quantitative estimate of drug-likeness (QED) is 0.863. The van der Waals surface area contributed by atoms with E-state index in [0.29, 0.717) is 11.8 Å². The molecule has 1 aromatic heterocycles. The van der Waals surface area contributed by atoms with Gasteiger partial charge in [0.2, 0.25) is 0 Å². The van der Waals surface area contributed by atoms with E-state index < -0.39 is 21.6 Å². The monoisotopic (exact) mass is 319 g/mol. The molecule has 0 unspecified atom stereocenters. The van der Waals surface area contributed by atoms with E-state index in [9.17, 15) is 21.6 Å². The van der Waals surface area contributed by atoms with E-state index in [1.807, 2.05) is 0 Å². The lowest BCUT2D eigenvalue weighted by Crippen LogP contribution is -2.12. The molecule has 0 fully saturated rings. The highest BCUT2D eigenvalue weighted by Gasteiger charge is 2.31. The van der Waals surface area contributed by atoms with Crippen LogP contribution in [0.15, 0.2) is 35.4 Å². The van der Waals surface area contributed by atoms with E-state index >= 15 is 0 Å². The normalized spacial score (nSPS) is 12.6. The summed E-state index contributed by atoms with van der Waals surface area (Å²) < 4.78 is 63.3. The summed E-state index contributed by atoms with van der Waals surface area (Å²) in [6.07, 6.45) is -2.93. The number of hydrogen-bond acceptors (Lipinski definition) is 4. The molecule has 0 N–H and O–H groups in total. The van der Waals surface area contributed by atoms with Crippen molar-refractivity contribution in [1.82, 2.24) is 15.0 Å². The van der Waals surface area contributed by atoms with Crippen LogP contribution >= 0.6 is 0 Å². The number of rotatable bonds is 4. The summed E-state index contributed by atoms with van der Waals surface area (Å²) in [7, 11) is -2.17. The lowest BCUT2D eigenvalue weighted by atomic mass is 10.2. The molecule has 5 nitrogen and oxygen atoms in total. The first-order valence-electron chi connectivity index (χ1n) is 5.94. The largest absolute Gasteiger partial charge is 0.416 e. The van der Waals surface area contributed by atoms with Crippen LogP contribution in [0.5, 0.6) is 0 Å². The van der Waals surface area contributed by atoms with Crippen molar-refractivity contribution in [3.63, 3.8) is 0 Å². The van der Waals surface area contributed by atoms with Crippen molar-refractivity contribution in [3.05, 3.63) is 41.7 Å². The molecule has 0 bridgehead atoms. The molecule has 2 rings (SSSR count). The lowest BCUT2D eigenvalue weighted by Gasteiger charge is -2.09. The summed E-state index contributed by atoms with van der Waals surface area (Å²) in [6.45, 7) is 0. The average Bonchev–Trinajstić information content (AvgIpc) is 2.82. The Morgan fingerprint density at radius 2 is 2.00 bits per heavy atom. The van der Waals surface area contributed by atoms with Gasteiger partial charge in [0.15, 0.2) is 9.84 Å². The predicted octanol–water partition coefficient (Wildman–Crippen LogP) is 1.85. The molecule has 0 aliphatic rings. The number of sulfone groups is 1. The molecule has 0 aliphatic carbocycles. The maximum Gasteiger partial charge on any atom is 0.416 e. The minimum absolute atomic E-state index is 0.0897. The molecule has 0 atom stereocenters. The molecule has 0 spiro atoms. The number of aryl methyl sites for hydroxylation is 2. The molecule has 0 saturated heterocycles. The molecule has 114 valence electrons. The van der Waals surface area contributed by atoms with Gasteiger partial charge >= 0.3 is 6.18 Å². The summed E-state index contributed by atoms with van der Waals surface area (Å²) in [5, 5.41) is 7.40. The second-order valence-corrected chi connectivity index (χ2v) is 6.59. The number of benzene rings is 1. The summed E-state index contributed by atoms with van der Waals surface area (Å²) in [6, 6.07) is 3.72. The fraction of sp³-hybridized carbons (Fsp3) is 0.333. The van der Waals surface area contributed by atoms with Crippen molar-refractivity contribution in [2.45, 2.75) is 17.5 Å². The van der Waals surface area contributed by atoms with E-state index in [0.717, 1.165) is 18.2 Å². The summed E-state index contributed by atoms with van der Waals surface area (Å²) >= 11 is 0. The Hall–Kier alpha value is -1.90. The number of halogens is 3. The minimum atomic E-state index is -4.57. The Bertz CT molecular complexity index is 738. The summed E-state index contributed by atoms with van der Waals surface area (Å²) in [4.78, 5) is -0.346. The molecule has 21 heavy (non-hydrogen) atoms. The maximum atomic E-state index is 12.6. The van der Waals surface area contributed by atoms with E-state index in [2.05, 4.69) is 10.3 Å². The van der Waals surface area contributed by atoms with Gasteiger partial charge in [0, 0.05) is 19.7 Å². The second kappa shape index (κ2) is 5.47. The first-order valence-corrected chi connectivity index (χ1v) is 7.59. The fourth-order valence-corrected chi connectivity index (χ4v) is 3.04. The molecule has 0 aliphatic heterocycles. The Balaban J connectivity index is 2.19. The van der Waals surface area contributed by atoms with E-state index in [1.54, 1.807) is 13.2 Å². The number of aromatic nitrogens is 3. The smallest absolute Gasteiger partial charge is 0.255 e. The molecule has 2 aromatic rings. The maximum absolute atomic E-state index is 12.6. The first-order chi connectivity index (χ1) is 9.68. The van der Waals surface area contributed by atoms with Crippen LogP contribution in [-0.2, 0) is 29.5 Å². The zero-order valence-electron chi connectivity index (χ0n) is 11.0. The molecular formula is C12H12F3N3O2S. The zero-order chi connectivity index (χ0) is 15.7. The summed E-state index contributed by atoms with van der Waals surface area (Å²) in [5.74, 6) is -0.326. The third kappa shape index (κ3) is 3.81. The van der Waals surface area contributed by atoms with Gasteiger partial charge in [0.1, 0.15) is 0 Å². The topological polar surface area (TPSA) is 64.8 Å². The fourth-order valence-electron chi connectivity index (χ4n) is 1.73. The Morgan fingerprint density at radius 3 is 2.57 bits per heavy atom. The molecule has 0 saturated carbocycles. The molecule has 1 heterocycles. The highest BCUT2D eigenvalue weighted by molar-refractivity contribution is 7.91. The van der Waals surface area contributed by atoms with Crippen molar-refractivity contribution in [3.8, 4) is 0 Å². The number of nitrogens with zero attached hydrogens (tertiary/aromatic N) is 3. The van der Waals surface area contributed by atoms with Crippen LogP contribution in [0.2, 0.25) is 0 Å². The Morgan fingerprint density at radius 1 is 1.29 bits per heavy atom. The van der Waals surface area contributed by atoms with Gasteiger partial charge in [0.25, 0.3) is 0 Å². The van der Waals surface area contributed by atoms with Gasteiger partial charge in [-0.1, -0.05) is 11.3 Å². The molecular weight excluding hydrogens is 307 g/mol. The molecule has 9 heteroatoms. The van der Waals surface area contributed by atoms with Crippen LogP contribution in [0.3, 0.4) is 0 Å². The van der Waals surface area contributed by atoms with E-state index in [-0.39, 0.29) is 17.1 Å². The Labute approximate surface area is 119 Å². The molecule has 0 amide bonds. The third-order valence-corrected chi connectivity index (χ3v) is 4.51.